The maximum absolute atomic E-state index is 13.4. The molecule has 4 atom stereocenters. The molecule has 0 aliphatic carbocycles. The number of imidazole rings is 1. The molecule has 7 rings (SSSR count). The average Bonchev–Trinajstić information content (AvgIpc) is 3.95. The number of amides is 3. The van der Waals surface area contributed by atoms with Crippen LogP contribution in [0.3, 0.4) is 0 Å². The van der Waals surface area contributed by atoms with Gasteiger partial charge < -0.3 is 30.3 Å². The van der Waals surface area contributed by atoms with Crippen LogP contribution in [0.4, 0.5) is 5.69 Å². The summed E-state index contributed by atoms with van der Waals surface area (Å²) in [6, 6.07) is 29.0. The quantitative estimate of drug-likeness (QED) is 0.166. The molecule has 2 aliphatic rings. The Bertz CT molecular complexity index is 2050. The number of likely N-dealkylation sites (tertiary alicyclic amines) is 2. The summed E-state index contributed by atoms with van der Waals surface area (Å²) in [4.78, 5) is 63.9. The molecule has 51 heavy (non-hydrogen) atoms. The van der Waals surface area contributed by atoms with Gasteiger partial charge in [-0.25, -0.2) is 4.98 Å². The number of carbonyl (C=O) groups is 4. The van der Waals surface area contributed by atoms with E-state index in [4.69, 9.17) is 4.98 Å². The van der Waals surface area contributed by atoms with E-state index in [1.807, 2.05) is 42.5 Å². The molecule has 2 aliphatic heterocycles. The Balaban J connectivity index is 0.978. The van der Waals surface area contributed by atoms with Crippen molar-refractivity contribution in [3.05, 3.63) is 120 Å². The topological polar surface area (TPSA) is 156 Å². The Hall–Kier alpha value is -5.65. The third kappa shape index (κ3) is 7.17. The van der Waals surface area contributed by atoms with Crippen LogP contribution >= 0.6 is 0 Å². The summed E-state index contributed by atoms with van der Waals surface area (Å²) in [5.41, 5.74) is 4.64. The number of aliphatic hydroxyl groups is 2. The number of hydrogen-bond donors (Lipinski definition) is 4. The van der Waals surface area contributed by atoms with Crippen LogP contribution in [0.2, 0.25) is 0 Å². The van der Waals surface area contributed by atoms with Crippen molar-refractivity contribution in [1.29, 1.82) is 0 Å². The number of ketones is 1. The predicted octanol–water partition coefficient (Wildman–Crippen LogP) is 4.73. The van der Waals surface area contributed by atoms with Crippen molar-refractivity contribution >= 4 is 40.2 Å². The monoisotopic (exact) mass is 685 g/mol. The van der Waals surface area contributed by atoms with Gasteiger partial charge in [0.25, 0.3) is 11.8 Å². The molecule has 0 bridgehead atoms. The number of H-pyrrole nitrogens is 1. The molecule has 5 aromatic rings. The van der Waals surface area contributed by atoms with Crippen LogP contribution in [0.5, 0.6) is 0 Å². The summed E-state index contributed by atoms with van der Waals surface area (Å²) in [6.45, 7) is 0.835. The van der Waals surface area contributed by atoms with Crippen LogP contribution in [-0.2, 0) is 25.6 Å². The first-order valence-corrected chi connectivity index (χ1v) is 17.3. The zero-order chi connectivity index (χ0) is 35.5. The van der Waals surface area contributed by atoms with Gasteiger partial charge in [0.2, 0.25) is 5.91 Å². The van der Waals surface area contributed by atoms with Gasteiger partial charge in [0.05, 0.1) is 17.1 Å². The second-order valence-corrected chi connectivity index (χ2v) is 13.2. The van der Waals surface area contributed by atoms with E-state index in [1.54, 1.807) is 60.7 Å². The molecule has 4 N–H and O–H groups in total. The molecule has 0 unspecified atom stereocenters. The fraction of sp³-hybridized carbons (Fsp3) is 0.275. The Morgan fingerprint density at radius 3 is 1.92 bits per heavy atom. The van der Waals surface area contributed by atoms with E-state index in [0.717, 1.165) is 22.2 Å². The molecule has 1 aromatic heterocycles. The van der Waals surface area contributed by atoms with E-state index in [1.165, 1.54) is 9.80 Å². The SMILES string of the molecule is O=C(Cc1ccc2nc(-c3ccc(NC(=O)[C@@H]4CCCN4C(=O)[C@H](O)c4ccccc4)cc3)[nH]c2c1)[C@@H]1CCCN1C(=O)[C@H](O)c1ccccc1. The normalized spacial score (nSPS) is 18.5. The highest BCUT2D eigenvalue weighted by Crippen LogP contribution is 2.28. The lowest BCUT2D eigenvalue weighted by Crippen LogP contribution is -2.45. The van der Waals surface area contributed by atoms with Crippen molar-refractivity contribution in [2.75, 3.05) is 18.4 Å². The van der Waals surface area contributed by atoms with Gasteiger partial charge in [-0.1, -0.05) is 66.7 Å². The number of Topliss-reactive ketones (excluding diaryl/α,β-unsaturated/α-hetero) is 1. The molecule has 0 radical (unpaired) electrons. The van der Waals surface area contributed by atoms with Gasteiger partial charge in [-0.3, -0.25) is 19.2 Å². The van der Waals surface area contributed by atoms with Crippen LogP contribution < -0.4 is 5.32 Å². The maximum atomic E-state index is 13.4. The van der Waals surface area contributed by atoms with Crippen molar-refractivity contribution in [2.45, 2.75) is 56.4 Å². The first-order chi connectivity index (χ1) is 24.8. The predicted molar refractivity (Wildman–Crippen MR) is 191 cm³/mol. The van der Waals surface area contributed by atoms with Gasteiger partial charge in [-0.15, -0.1) is 0 Å². The first kappa shape index (κ1) is 33.8. The van der Waals surface area contributed by atoms with E-state index >= 15 is 0 Å². The third-order valence-electron chi connectivity index (χ3n) is 9.80. The van der Waals surface area contributed by atoms with Gasteiger partial charge in [0.1, 0.15) is 11.9 Å². The highest BCUT2D eigenvalue weighted by molar-refractivity contribution is 5.98. The van der Waals surface area contributed by atoms with Crippen molar-refractivity contribution in [3.63, 3.8) is 0 Å². The first-order valence-electron chi connectivity index (χ1n) is 17.3. The van der Waals surface area contributed by atoms with Crippen LogP contribution in [0, 0.1) is 0 Å². The summed E-state index contributed by atoms with van der Waals surface area (Å²) in [5.74, 6) is -0.699. The lowest BCUT2D eigenvalue weighted by Gasteiger charge is -2.26. The minimum atomic E-state index is -1.33. The number of aromatic nitrogens is 2. The highest BCUT2D eigenvalue weighted by Gasteiger charge is 2.38. The Kier molecular flexibility index (Phi) is 9.74. The average molecular weight is 686 g/mol. The molecule has 0 spiro atoms. The standard InChI is InChI=1S/C40H39N5O6/c46-34(32-13-7-21-44(32)39(50)35(47)26-9-3-1-4-10-26)24-25-15-20-30-31(23-25)43-37(42-30)28-16-18-29(19-17-28)41-38(49)33-14-8-22-45(33)40(51)36(48)27-11-5-2-6-12-27/h1-6,9-12,15-20,23,32-33,35-36,47-48H,7-8,13-14,21-22,24H2,(H,41,49)(H,42,43)/t32-,33-,35+,36+/m0/s1. The number of rotatable bonds is 10. The molecule has 3 amide bonds. The van der Waals surface area contributed by atoms with E-state index in [0.29, 0.717) is 61.4 Å². The lowest BCUT2D eigenvalue weighted by atomic mass is 10.0. The minimum absolute atomic E-state index is 0.0738. The molecule has 2 fully saturated rings. The Labute approximate surface area is 294 Å². The molecular formula is C40H39N5O6. The number of anilines is 1. The third-order valence-corrected chi connectivity index (χ3v) is 9.80. The molecule has 3 heterocycles. The molecule has 11 nitrogen and oxygen atoms in total. The largest absolute Gasteiger partial charge is 0.378 e. The number of hydrogen-bond acceptors (Lipinski definition) is 7. The van der Waals surface area contributed by atoms with Gasteiger partial charge in [-0.2, -0.15) is 0 Å². The zero-order valence-electron chi connectivity index (χ0n) is 27.9. The summed E-state index contributed by atoms with van der Waals surface area (Å²) in [6.07, 6.45) is -0.0443. The molecule has 11 heteroatoms. The second-order valence-electron chi connectivity index (χ2n) is 13.2. The minimum Gasteiger partial charge on any atom is -0.378 e. The van der Waals surface area contributed by atoms with Crippen molar-refractivity contribution in [3.8, 4) is 11.4 Å². The Morgan fingerprint density at radius 1 is 0.745 bits per heavy atom. The second kappa shape index (κ2) is 14.7. The lowest BCUT2D eigenvalue weighted by molar-refractivity contribution is -0.144. The fourth-order valence-corrected chi connectivity index (χ4v) is 7.10. The number of nitrogens with zero attached hydrogens (tertiary/aromatic N) is 3. The van der Waals surface area contributed by atoms with Crippen molar-refractivity contribution < 1.29 is 29.4 Å². The maximum Gasteiger partial charge on any atom is 0.256 e. The van der Waals surface area contributed by atoms with E-state index < -0.39 is 36.1 Å². The molecule has 260 valence electrons. The van der Waals surface area contributed by atoms with Gasteiger partial charge in [0.15, 0.2) is 18.0 Å². The number of fused-ring (bicyclic) bond motifs is 1. The summed E-state index contributed by atoms with van der Waals surface area (Å²) in [7, 11) is 0. The van der Waals surface area contributed by atoms with Gasteiger partial charge >= 0.3 is 0 Å². The van der Waals surface area contributed by atoms with Crippen molar-refractivity contribution in [1.82, 2.24) is 19.8 Å². The zero-order valence-corrected chi connectivity index (χ0v) is 27.9. The number of aliphatic hydroxyl groups excluding tert-OH is 2. The Morgan fingerprint density at radius 2 is 1.31 bits per heavy atom. The number of benzene rings is 4. The smallest absolute Gasteiger partial charge is 0.256 e. The molecular weight excluding hydrogens is 646 g/mol. The van der Waals surface area contributed by atoms with Gasteiger partial charge in [-0.05, 0) is 78.8 Å². The summed E-state index contributed by atoms with van der Waals surface area (Å²) in [5, 5.41) is 24.2. The van der Waals surface area contributed by atoms with Crippen molar-refractivity contribution in [2.24, 2.45) is 0 Å². The number of carbonyl (C=O) groups excluding carboxylic acids is 4. The molecule has 0 saturated carbocycles. The van der Waals surface area contributed by atoms with E-state index in [9.17, 15) is 29.4 Å². The van der Waals surface area contributed by atoms with E-state index in [-0.39, 0.29) is 18.1 Å². The number of aromatic amines is 1. The van der Waals surface area contributed by atoms with Crippen LogP contribution in [-0.4, -0.2) is 78.7 Å². The summed E-state index contributed by atoms with van der Waals surface area (Å²) < 4.78 is 0. The fourth-order valence-electron chi connectivity index (χ4n) is 7.10. The number of nitrogens with one attached hydrogen (secondary N) is 2. The van der Waals surface area contributed by atoms with Crippen LogP contribution in [0.15, 0.2) is 103 Å². The van der Waals surface area contributed by atoms with Crippen LogP contribution in [0.1, 0.15) is 54.6 Å². The highest BCUT2D eigenvalue weighted by atomic mass is 16.3. The van der Waals surface area contributed by atoms with Crippen LogP contribution in [0.25, 0.3) is 22.4 Å². The van der Waals surface area contributed by atoms with Gasteiger partial charge in [0, 0.05) is 30.8 Å². The molecule has 2 saturated heterocycles. The summed E-state index contributed by atoms with van der Waals surface area (Å²) >= 11 is 0. The molecule has 4 aromatic carbocycles. The van der Waals surface area contributed by atoms with E-state index in [2.05, 4.69) is 10.3 Å².